The van der Waals surface area contributed by atoms with Crippen molar-refractivity contribution >= 4 is 11.4 Å². The summed E-state index contributed by atoms with van der Waals surface area (Å²) in [6.07, 6.45) is 1.56. The second kappa shape index (κ2) is 5.57. The number of anilines is 1. The molecule has 1 saturated heterocycles. The fourth-order valence-corrected chi connectivity index (χ4v) is 2.62. The molecule has 5 heteroatoms. The van der Waals surface area contributed by atoms with Gasteiger partial charge in [0.25, 0.3) is 5.69 Å². The van der Waals surface area contributed by atoms with Gasteiger partial charge in [-0.05, 0) is 37.3 Å². The second-order valence-electron chi connectivity index (χ2n) is 5.37. The summed E-state index contributed by atoms with van der Waals surface area (Å²) >= 11 is 0. The average Bonchev–Trinajstić information content (AvgIpc) is 2.37. The summed E-state index contributed by atoms with van der Waals surface area (Å²) in [5.41, 5.74) is 1.34. The molecule has 104 valence electrons. The van der Waals surface area contributed by atoms with Gasteiger partial charge in [-0.15, -0.1) is 0 Å². The monoisotopic (exact) mass is 264 g/mol. The van der Waals surface area contributed by atoms with Gasteiger partial charge in [0.2, 0.25) is 0 Å². The van der Waals surface area contributed by atoms with Crippen molar-refractivity contribution in [1.82, 2.24) is 0 Å². The highest BCUT2D eigenvalue weighted by Gasteiger charge is 2.24. The first-order chi connectivity index (χ1) is 8.99. The molecule has 0 aromatic heterocycles. The van der Waals surface area contributed by atoms with E-state index < -0.39 is 6.10 Å². The number of piperidine rings is 1. The lowest BCUT2D eigenvalue weighted by molar-refractivity contribution is -0.384. The molecule has 0 radical (unpaired) electrons. The molecule has 0 spiro atoms. The van der Waals surface area contributed by atoms with Gasteiger partial charge in [0.15, 0.2) is 0 Å². The van der Waals surface area contributed by atoms with Crippen molar-refractivity contribution < 1.29 is 10.0 Å². The van der Waals surface area contributed by atoms with Gasteiger partial charge in [0, 0.05) is 19.2 Å². The van der Waals surface area contributed by atoms with Crippen molar-refractivity contribution in [2.45, 2.75) is 32.8 Å². The van der Waals surface area contributed by atoms with E-state index in [0.29, 0.717) is 17.2 Å². The predicted octanol–water partition coefficient (Wildman–Crippen LogP) is 2.88. The SMILES string of the molecule is CC1CCCN(c2ccc([C@@H](C)O)cc2[N+](=O)[O-])C1. The molecule has 1 aromatic rings. The highest BCUT2D eigenvalue weighted by Crippen LogP contribution is 2.33. The average molecular weight is 264 g/mol. The Labute approximate surface area is 113 Å². The summed E-state index contributed by atoms with van der Waals surface area (Å²) in [5.74, 6) is 0.560. The van der Waals surface area contributed by atoms with Gasteiger partial charge in [0.05, 0.1) is 11.0 Å². The molecule has 0 bridgehead atoms. The van der Waals surface area contributed by atoms with Crippen molar-refractivity contribution in [2.75, 3.05) is 18.0 Å². The van der Waals surface area contributed by atoms with Crippen molar-refractivity contribution in [2.24, 2.45) is 5.92 Å². The topological polar surface area (TPSA) is 66.6 Å². The van der Waals surface area contributed by atoms with Crippen LogP contribution < -0.4 is 4.90 Å². The Morgan fingerprint density at radius 1 is 1.53 bits per heavy atom. The lowest BCUT2D eigenvalue weighted by atomic mass is 9.99. The minimum Gasteiger partial charge on any atom is -0.389 e. The van der Waals surface area contributed by atoms with Crippen LogP contribution in [0, 0.1) is 16.0 Å². The van der Waals surface area contributed by atoms with Crippen LogP contribution in [0.1, 0.15) is 38.4 Å². The Hall–Kier alpha value is -1.62. The number of nitro benzene ring substituents is 1. The van der Waals surface area contributed by atoms with Crippen molar-refractivity contribution in [3.8, 4) is 0 Å². The molecule has 1 heterocycles. The first-order valence-electron chi connectivity index (χ1n) is 6.70. The largest absolute Gasteiger partial charge is 0.389 e. The number of hydrogen-bond donors (Lipinski definition) is 1. The number of benzene rings is 1. The Morgan fingerprint density at radius 2 is 2.26 bits per heavy atom. The van der Waals surface area contributed by atoms with Crippen LogP contribution in [-0.2, 0) is 0 Å². The summed E-state index contributed by atoms with van der Waals surface area (Å²) in [6.45, 7) is 5.50. The Bertz CT molecular complexity index is 474. The fraction of sp³-hybridized carbons (Fsp3) is 0.571. The van der Waals surface area contributed by atoms with Gasteiger partial charge >= 0.3 is 0 Å². The van der Waals surface area contributed by atoms with Gasteiger partial charge in [-0.25, -0.2) is 0 Å². The normalized spacial score (nSPS) is 21.2. The van der Waals surface area contributed by atoms with E-state index in [9.17, 15) is 15.2 Å². The predicted molar refractivity (Wildman–Crippen MR) is 74.3 cm³/mol. The van der Waals surface area contributed by atoms with Crippen LogP contribution in [0.5, 0.6) is 0 Å². The van der Waals surface area contributed by atoms with Crippen molar-refractivity contribution in [3.05, 3.63) is 33.9 Å². The van der Waals surface area contributed by atoms with Gasteiger partial charge in [0.1, 0.15) is 5.69 Å². The minimum atomic E-state index is -0.687. The molecule has 0 aliphatic carbocycles. The van der Waals surface area contributed by atoms with E-state index in [1.54, 1.807) is 19.1 Å². The molecule has 1 unspecified atom stereocenters. The Balaban J connectivity index is 2.36. The van der Waals surface area contributed by atoms with E-state index in [0.717, 1.165) is 19.5 Å². The highest BCUT2D eigenvalue weighted by molar-refractivity contribution is 5.64. The maximum Gasteiger partial charge on any atom is 0.292 e. The minimum absolute atomic E-state index is 0.0903. The third kappa shape index (κ3) is 3.04. The fourth-order valence-electron chi connectivity index (χ4n) is 2.62. The third-order valence-electron chi connectivity index (χ3n) is 3.68. The zero-order chi connectivity index (χ0) is 14.0. The molecule has 1 aliphatic rings. The van der Waals surface area contributed by atoms with Crippen LogP contribution in [0.15, 0.2) is 18.2 Å². The molecule has 1 aliphatic heterocycles. The molecular weight excluding hydrogens is 244 g/mol. The van der Waals surface area contributed by atoms with Crippen molar-refractivity contribution in [3.63, 3.8) is 0 Å². The van der Waals surface area contributed by atoms with Crippen LogP contribution in [0.4, 0.5) is 11.4 Å². The maximum absolute atomic E-state index is 11.2. The summed E-state index contributed by atoms with van der Waals surface area (Å²) in [6, 6.07) is 5.02. The number of hydrogen-bond acceptors (Lipinski definition) is 4. The quantitative estimate of drug-likeness (QED) is 0.673. The van der Waals surface area contributed by atoms with E-state index >= 15 is 0 Å². The Kier molecular flexibility index (Phi) is 4.04. The smallest absolute Gasteiger partial charge is 0.292 e. The van der Waals surface area contributed by atoms with Crippen LogP contribution in [0.3, 0.4) is 0 Å². The summed E-state index contributed by atoms with van der Waals surface area (Å²) in [7, 11) is 0. The zero-order valence-corrected chi connectivity index (χ0v) is 11.4. The van der Waals surface area contributed by atoms with Gasteiger partial charge in [-0.3, -0.25) is 10.1 Å². The standard InChI is InChI=1S/C14H20N2O3/c1-10-4-3-7-15(9-10)13-6-5-12(11(2)17)8-14(13)16(18)19/h5-6,8,10-11,17H,3-4,7,9H2,1-2H3/t10?,11-/m1/s1. The molecule has 2 rings (SSSR count). The second-order valence-corrected chi connectivity index (χ2v) is 5.37. The number of nitrogens with zero attached hydrogens (tertiary/aromatic N) is 2. The highest BCUT2D eigenvalue weighted by atomic mass is 16.6. The van der Waals surface area contributed by atoms with Crippen LogP contribution in [0.2, 0.25) is 0 Å². The molecule has 1 fully saturated rings. The van der Waals surface area contributed by atoms with Gasteiger partial charge in [-0.2, -0.15) is 0 Å². The molecular formula is C14H20N2O3. The molecule has 5 nitrogen and oxygen atoms in total. The summed E-state index contributed by atoms with van der Waals surface area (Å²) in [4.78, 5) is 12.9. The molecule has 2 atom stereocenters. The molecule has 1 N–H and O–H groups in total. The summed E-state index contributed by atoms with van der Waals surface area (Å²) < 4.78 is 0. The molecule has 0 amide bonds. The van der Waals surface area contributed by atoms with E-state index in [4.69, 9.17) is 0 Å². The number of nitro groups is 1. The third-order valence-corrected chi connectivity index (χ3v) is 3.68. The van der Waals surface area contributed by atoms with Gasteiger partial charge < -0.3 is 10.0 Å². The molecule has 0 saturated carbocycles. The first-order valence-corrected chi connectivity index (χ1v) is 6.70. The van der Waals surface area contributed by atoms with Crippen LogP contribution in [0.25, 0.3) is 0 Å². The lowest BCUT2D eigenvalue weighted by Crippen LogP contribution is -2.34. The van der Waals surface area contributed by atoms with Crippen LogP contribution in [-0.4, -0.2) is 23.1 Å². The lowest BCUT2D eigenvalue weighted by Gasteiger charge is -2.32. The number of aliphatic hydroxyl groups excluding tert-OH is 1. The maximum atomic E-state index is 11.2. The number of rotatable bonds is 3. The van der Waals surface area contributed by atoms with E-state index in [2.05, 4.69) is 11.8 Å². The molecule has 19 heavy (non-hydrogen) atoms. The van der Waals surface area contributed by atoms with E-state index in [-0.39, 0.29) is 10.6 Å². The first kappa shape index (κ1) is 13.8. The molecule has 1 aromatic carbocycles. The van der Waals surface area contributed by atoms with Gasteiger partial charge in [-0.1, -0.05) is 13.0 Å². The zero-order valence-electron chi connectivity index (χ0n) is 11.4. The van der Waals surface area contributed by atoms with E-state index in [1.807, 2.05) is 0 Å². The van der Waals surface area contributed by atoms with Crippen LogP contribution >= 0.6 is 0 Å². The van der Waals surface area contributed by atoms with E-state index in [1.165, 1.54) is 12.5 Å². The van der Waals surface area contributed by atoms with Crippen molar-refractivity contribution in [1.29, 1.82) is 0 Å². The summed E-state index contributed by atoms with van der Waals surface area (Å²) in [5, 5.41) is 20.8. The Morgan fingerprint density at radius 3 is 2.84 bits per heavy atom. The number of aliphatic hydroxyl groups is 1.